The number of para-hydroxylation sites is 2. The first-order valence-corrected chi connectivity index (χ1v) is 12.0. The Morgan fingerprint density at radius 1 is 0.971 bits per heavy atom. The number of benzene rings is 2. The van der Waals surface area contributed by atoms with Gasteiger partial charge in [0.05, 0.1) is 23.6 Å². The van der Waals surface area contributed by atoms with Crippen molar-refractivity contribution in [3.8, 4) is 5.69 Å². The minimum Gasteiger partial charge on any atom is -0.366 e. The first-order valence-electron chi connectivity index (χ1n) is 11.6. The lowest BCUT2D eigenvalue weighted by Crippen LogP contribution is -2.53. The van der Waals surface area contributed by atoms with E-state index in [4.69, 9.17) is 11.6 Å². The van der Waals surface area contributed by atoms with E-state index in [9.17, 15) is 9.59 Å². The molecule has 7 nitrogen and oxygen atoms in total. The Morgan fingerprint density at radius 2 is 1.62 bits per heavy atom. The molecule has 1 amide bonds. The lowest BCUT2D eigenvalue weighted by Gasteiger charge is -2.38. The highest BCUT2D eigenvalue weighted by molar-refractivity contribution is 6.33. The van der Waals surface area contributed by atoms with Crippen LogP contribution in [0, 0.1) is 0 Å². The summed E-state index contributed by atoms with van der Waals surface area (Å²) >= 11 is 6.47. The molecule has 1 aliphatic heterocycles. The minimum absolute atomic E-state index is 0.0216. The molecule has 2 aromatic carbocycles. The van der Waals surface area contributed by atoms with Crippen LogP contribution in [-0.2, 0) is 4.79 Å². The number of aromatic nitrogens is 2. The molecule has 0 bridgehead atoms. The molecular weight excluding hydrogens is 450 g/mol. The maximum Gasteiger partial charge on any atom is 0.292 e. The summed E-state index contributed by atoms with van der Waals surface area (Å²) < 4.78 is 1.31. The van der Waals surface area contributed by atoms with Crippen molar-refractivity contribution in [3.05, 3.63) is 81.7 Å². The fraction of sp³-hybridized carbons (Fsp3) is 0.346. The van der Waals surface area contributed by atoms with Crippen LogP contribution in [0.5, 0.6) is 0 Å². The predicted octanol–water partition coefficient (Wildman–Crippen LogP) is 4.16. The molecule has 0 radical (unpaired) electrons. The summed E-state index contributed by atoms with van der Waals surface area (Å²) in [5.74, 6) is 0.303. The Hall–Kier alpha value is -3.16. The maximum absolute atomic E-state index is 13.0. The van der Waals surface area contributed by atoms with Crippen LogP contribution >= 0.6 is 11.6 Å². The van der Waals surface area contributed by atoms with E-state index in [0.717, 1.165) is 11.3 Å². The highest BCUT2D eigenvalue weighted by Gasteiger charge is 2.27. The topological polar surface area (TPSA) is 70.5 Å². The number of halogens is 1. The van der Waals surface area contributed by atoms with Crippen LogP contribution in [0.3, 0.4) is 0 Å². The summed E-state index contributed by atoms with van der Waals surface area (Å²) in [5.41, 5.74) is 2.94. The van der Waals surface area contributed by atoms with Gasteiger partial charge in [-0.25, -0.2) is 0 Å². The average Bonchev–Trinajstić information content (AvgIpc) is 2.86. The number of carbonyl (C=O) groups is 1. The molecule has 1 N–H and O–H groups in total. The lowest BCUT2D eigenvalue weighted by molar-refractivity contribution is -0.120. The smallest absolute Gasteiger partial charge is 0.292 e. The van der Waals surface area contributed by atoms with Crippen molar-refractivity contribution < 1.29 is 4.79 Å². The van der Waals surface area contributed by atoms with E-state index in [1.807, 2.05) is 61.5 Å². The molecule has 1 unspecified atom stereocenters. The lowest BCUT2D eigenvalue weighted by atomic mass is 10.0. The molecule has 0 saturated carbocycles. The van der Waals surface area contributed by atoms with E-state index < -0.39 is 0 Å². The van der Waals surface area contributed by atoms with Gasteiger partial charge in [-0.05, 0) is 36.6 Å². The van der Waals surface area contributed by atoms with Crippen molar-refractivity contribution in [3.63, 3.8) is 0 Å². The third-order valence-electron chi connectivity index (χ3n) is 6.32. The quantitative estimate of drug-likeness (QED) is 0.575. The van der Waals surface area contributed by atoms with Gasteiger partial charge in [0.25, 0.3) is 5.56 Å². The molecule has 1 aromatic heterocycles. The van der Waals surface area contributed by atoms with Crippen LogP contribution < -0.4 is 15.8 Å². The van der Waals surface area contributed by atoms with Gasteiger partial charge in [-0.15, -0.1) is 0 Å². The second kappa shape index (κ2) is 10.4. The van der Waals surface area contributed by atoms with E-state index in [1.54, 1.807) is 6.20 Å². The molecule has 8 heteroatoms. The van der Waals surface area contributed by atoms with Crippen LogP contribution in [0.25, 0.3) is 5.69 Å². The molecule has 3 aromatic rings. The SMILES string of the molecule is CC(C)c1ccccc1NC(=O)C(C)N1CCN(c2cnn(-c3ccccc3)c(=O)c2Cl)CC1. The minimum atomic E-state index is -0.343. The average molecular weight is 480 g/mol. The first-order chi connectivity index (χ1) is 16.4. The zero-order valence-electron chi connectivity index (χ0n) is 19.7. The highest BCUT2D eigenvalue weighted by Crippen LogP contribution is 2.25. The van der Waals surface area contributed by atoms with Gasteiger partial charge in [-0.2, -0.15) is 9.78 Å². The normalized spacial score (nSPS) is 15.4. The van der Waals surface area contributed by atoms with Crippen LogP contribution in [0.2, 0.25) is 5.02 Å². The van der Waals surface area contributed by atoms with E-state index in [2.05, 4.69) is 34.1 Å². The molecule has 4 rings (SSSR count). The van der Waals surface area contributed by atoms with Gasteiger partial charge in [0.2, 0.25) is 5.91 Å². The third kappa shape index (κ3) is 5.00. The first kappa shape index (κ1) is 24.0. The number of piperazine rings is 1. The number of rotatable bonds is 6. The Bertz CT molecular complexity index is 1200. The summed E-state index contributed by atoms with van der Waals surface area (Å²) in [5, 5.41) is 7.59. The van der Waals surface area contributed by atoms with Gasteiger partial charge in [-0.1, -0.05) is 61.8 Å². The van der Waals surface area contributed by atoms with Crippen molar-refractivity contribution in [2.24, 2.45) is 0 Å². The van der Waals surface area contributed by atoms with Crippen molar-refractivity contribution in [1.29, 1.82) is 0 Å². The monoisotopic (exact) mass is 479 g/mol. The van der Waals surface area contributed by atoms with Crippen molar-refractivity contribution in [2.75, 3.05) is 36.4 Å². The number of nitrogens with zero attached hydrogens (tertiary/aromatic N) is 4. The second-order valence-corrected chi connectivity index (χ2v) is 9.20. The van der Waals surface area contributed by atoms with Gasteiger partial charge in [0.1, 0.15) is 5.02 Å². The molecule has 34 heavy (non-hydrogen) atoms. The Kier molecular flexibility index (Phi) is 7.34. The van der Waals surface area contributed by atoms with E-state index in [0.29, 0.717) is 43.5 Å². The number of anilines is 2. The van der Waals surface area contributed by atoms with Crippen molar-refractivity contribution >= 4 is 28.9 Å². The van der Waals surface area contributed by atoms with Crippen LogP contribution in [-0.4, -0.2) is 52.8 Å². The fourth-order valence-electron chi connectivity index (χ4n) is 4.27. The zero-order valence-corrected chi connectivity index (χ0v) is 20.5. The predicted molar refractivity (Wildman–Crippen MR) is 137 cm³/mol. The van der Waals surface area contributed by atoms with Crippen LogP contribution in [0.4, 0.5) is 11.4 Å². The Morgan fingerprint density at radius 3 is 2.29 bits per heavy atom. The standard InChI is InChI=1S/C26H30ClN5O2/c1-18(2)21-11-7-8-12-22(21)29-25(33)19(3)30-13-15-31(16-14-30)23-17-28-32(26(34)24(23)27)20-9-5-4-6-10-20/h4-12,17-19H,13-16H2,1-3H3,(H,29,33). The van der Waals surface area contributed by atoms with Gasteiger partial charge in [0, 0.05) is 31.9 Å². The van der Waals surface area contributed by atoms with Crippen LogP contribution in [0.15, 0.2) is 65.6 Å². The van der Waals surface area contributed by atoms with E-state index >= 15 is 0 Å². The van der Waals surface area contributed by atoms with E-state index in [-0.39, 0.29) is 22.5 Å². The Balaban J connectivity index is 1.41. The molecule has 1 saturated heterocycles. The molecule has 0 spiro atoms. The van der Waals surface area contributed by atoms with Gasteiger partial charge < -0.3 is 10.2 Å². The summed E-state index contributed by atoms with van der Waals surface area (Å²) in [6.07, 6.45) is 1.64. The number of amides is 1. The fourth-order valence-corrected chi connectivity index (χ4v) is 4.51. The molecule has 1 fully saturated rings. The molecule has 0 aliphatic carbocycles. The Labute approximate surface area is 205 Å². The second-order valence-electron chi connectivity index (χ2n) is 8.83. The zero-order chi connectivity index (χ0) is 24.2. The molecule has 1 aliphatic rings. The largest absolute Gasteiger partial charge is 0.366 e. The number of hydrogen-bond acceptors (Lipinski definition) is 5. The third-order valence-corrected chi connectivity index (χ3v) is 6.68. The molecule has 1 atom stereocenters. The number of nitrogens with one attached hydrogen (secondary N) is 1. The van der Waals surface area contributed by atoms with E-state index in [1.165, 1.54) is 4.68 Å². The van der Waals surface area contributed by atoms with Gasteiger partial charge in [0.15, 0.2) is 0 Å². The maximum atomic E-state index is 13.0. The number of carbonyl (C=O) groups excluding carboxylic acids is 1. The van der Waals surface area contributed by atoms with Crippen molar-refractivity contribution in [2.45, 2.75) is 32.7 Å². The number of hydrogen-bond donors (Lipinski definition) is 1. The van der Waals surface area contributed by atoms with Gasteiger partial charge >= 0.3 is 0 Å². The molecular formula is C26H30ClN5O2. The summed E-state index contributed by atoms with van der Waals surface area (Å²) in [4.78, 5) is 30.0. The van der Waals surface area contributed by atoms with Gasteiger partial charge in [-0.3, -0.25) is 14.5 Å². The molecule has 2 heterocycles. The molecule has 178 valence electrons. The summed E-state index contributed by atoms with van der Waals surface area (Å²) in [7, 11) is 0. The summed E-state index contributed by atoms with van der Waals surface area (Å²) in [6, 6.07) is 16.9. The highest BCUT2D eigenvalue weighted by atomic mass is 35.5. The summed E-state index contributed by atoms with van der Waals surface area (Å²) in [6.45, 7) is 8.82. The van der Waals surface area contributed by atoms with Crippen LogP contribution in [0.1, 0.15) is 32.3 Å². The van der Waals surface area contributed by atoms with Crippen molar-refractivity contribution in [1.82, 2.24) is 14.7 Å².